The highest BCUT2D eigenvalue weighted by atomic mass is 19.1. The van der Waals surface area contributed by atoms with Gasteiger partial charge >= 0.3 is 0 Å². The highest BCUT2D eigenvalue weighted by Gasteiger charge is 2.10. The molecule has 0 unspecified atom stereocenters. The van der Waals surface area contributed by atoms with Gasteiger partial charge in [0.05, 0.1) is 13.2 Å². The SMILES string of the molecule is CCCCCCCCOc1ccc(-c2ccc(OCCCC)c(F)c2)cc1F. The van der Waals surface area contributed by atoms with Crippen LogP contribution in [0.3, 0.4) is 0 Å². The number of benzene rings is 2. The maximum Gasteiger partial charge on any atom is 0.165 e. The summed E-state index contributed by atoms with van der Waals surface area (Å²) in [5.41, 5.74) is 1.23. The number of hydrogen-bond donors (Lipinski definition) is 0. The van der Waals surface area contributed by atoms with Gasteiger partial charge in [0.2, 0.25) is 0 Å². The maximum atomic E-state index is 14.4. The Hall–Kier alpha value is -2.10. The molecule has 0 atom stereocenters. The van der Waals surface area contributed by atoms with E-state index < -0.39 is 11.6 Å². The molecule has 2 rings (SSSR count). The standard InChI is InChI=1S/C24H32F2O2/c1-3-5-7-8-9-10-16-28-24-14-12-20(18-22(24)26)19-11-13-23(21(25)17-19)27-15-6-4-2/h11-14,17-18H,3-10,15-16H2,1-2H3. The van der Waals surface area contributed by atoms with Crippen LogP contribution in [0.2, 0.25) is 0 Å². The predicted octanol–water partition coefficient (Wildman–Crippen LogP) is 7.55. The Labute approximate surface area is 167 Å². The van der Waals surface area contributed by atoms with Gasteiger partial charge in [0.15, 0.2) is 23.1 Å². The number of unbranched alkanes of at least 4 members (excludes halogenated alkanes) is 6. The molecule has 0 aliphatic heterocycles. The van der Waals surface area contributed by atoms with Crippen molar-refractivity contribution in [1.82, 2.24) is 0 Å². The van der Waals surface area contributed by atoms with Crippen LogP contribution >= 0.6 is 0 Å². The summed E-state index contributed by atoms with van der Waals surface area (Å²) in [5.74, 6) is -0.376. The lowest BCUT2D eigenvalue weighted by atomic mass is 10.0. The Morgan fingerprint density at radius 3 is 1.57 bits per heavy atom. The second-order valence-corrected chi connectivity index (χ2v) is 7.11. The van der Waals surface area contributed by atoms with E-state index in [2.05, 4.69) is 13.8 Å². The van der Waals surface area contributed by atoms with Crippen LogP contribution in [-0.4, -0.2) is 13.2 Å². The van der Waals surface area contributed by atoms with Crippen molar-refractivity contribution in [3.05, 3.63) is 48.0 Å². The van der Waals surface area contributed by atoms with Gasteiger partial charge in [-0.25, -0.2) is 8.78 Å². The number of hydrogen-bond acceptors (Lipinski definition) is 2. The minimum atomic E-state index is -0.433. The Kier molecular flexibility index (Phi) is 9.81. The third-order valence-electron chi connectivity index (χ3n) is 4.71. The summed E-state index contributed by atoms with van der Waals surface area (Å²) in [5, 5.41) is 0. The molecule has 0 aliphatic rings. The van der Waals surface area contributed by atoms with Crippen LogP contribution in [0, 0.1) is 11.6 Å². The van der Waals surface area contributed by atoms with E-state index in [0.717, 1.165) is 25.7 Å². The third-order valence-corrected chi connectivity index (χ3v) is 4.71. The topological polar surface area (TPSA) is 18.5 Å². The van der Waals surface area contributed by atoms with Crippen LogP contribution in [0.4, 0.5) is 8.78 Å². The largest absolute Gasteiger partial charge is 0.491 e. The van der Waals surface area contributed by atoms with Crippen molar-refractivity contribution in [2.45, 2.75) is 65.2 Å². The van der Waals surface area contributed by atoms with Crippen LogP contribution in [0.25, 0.3) is 11.1 Å². The van der Waals surface area contributed by atoms with E-state index in [0.29, 0.717) is 24.3 Å². The fourth-order valence-electron chi connectivity index (χ4n) is 2.99. The molecular weight excluding hydrogens is 358 g/mol. The molecule has 0 radical (unpaired) electrons. The average molecular weight is 391 g/mol. The van der Waals surface area contributed by atoms with Crippen molar-refractivity contribution < 1.29 is 18.3 Å². The van der Waals surface area contributed by atoms with E-state index in [-0.39, 0.29) is 11.5 Å². The Bertz CT molecular complexity index is 716. The van der Waals surface area contributed by atoms with Gasteiger partial charge in [-0.2, -0.15) is 0 Å². The second-order valence-electron chi connectivity index (χ2n) is 7.11. The summed E-state index contributed by atoms with van der Waals surface area (Å²) in [6.07, 6.45) is 8.84. The zero-order valence-electron chi connectivity index (χ0n) is 17.1. The molecule has 0 aliphatic carbocycles. The summed E-state index contributed by atoms with van der Waals surface area (Å²) in [7, 11) is 0. The van der Waals surface area contributed by atoms with Crippen molar-refractivity contribution >= 4 is 0 Å². The molecule has 0 fully saturated rings. The third kappa shape index (κ3) is 7.14. The zero-order chi connectivity index (χ0) is 20.2. The molecular formula is C24H32F2O2. The Balaban J connectivity index is 1.90. The van der Waals surface area contributed by atoms with E-state index in [4.69, 9.17) is 9.47 Å². The van der Waals surface area contributed by atoms with Crippen LogP contribution < -0.4 is 9.47 Å². The highest BCUT2D eigenvalue weighted by molar-refractivity contribution is 5.65. The van der Waals surface area contributed by atoms with Gasteiger partial charge in [-0.3, -0.25) is 0 Å². The van der Waals surface area contributed by atoms with Crippen molar-refractivity contribution in [1.29, 1.82) is 0 Å². The van der Waals surface area contributed by atoms with Gasteiger partial charge in [0, 0.05) is 0 Å². The van der Waals surface area contributed by atoms with Crippen molar-refractivity contribution in [3.8, 4) is 22.6 Å². The summed E-state index contributed by atoms with van der Waals surface area (Å²) in [6, 6.07) is 9.49. The first-order valence-corrected chi connectivity index (χ1v) is 10.5. The monoisotopic (exact) mass is 390 g/mol. The quantitative estimate of drug-likeness (QED) is 0.329. The van der Waals surface area contributed by atoms with Crippen LogP contribution in [0.5, 0.6) is 11.5 Å². The highest BCUT2D eigenvalue weighted by Crippen LogP contribution is 2.29. The molecule has 0 saturated carbocycles. The molecule has 154 valence electrons. The van der Waals surface area contributed by atoms with E-state index >= 15 is 0 Å². The molecule has 0 saturated heterocycles. The van der Waals surface area contributed by atoms with Crippen molar-refractivity contribution in [3.63, 3.8) is 0 Å². The van der Waals surface area contributed by atoms with Gasteiger partial charge in [0.1, 0.15) is 0 Å². The van der Waals surface area contributed by atoms with Gasteiger partial charge in [-0.05, 0) is 48.2 Å². The van der Waals surface area contributed by atoms with E-state index in [1.807, 2.05) is 0 Å². The summed E-state index contributed by atoms with van der Waals surface area (Å²) in [4.78, 5) is 0. The first-order chi connectivity index (χ1) is 13.7. The normalized spacial score (nSPS) is 10.9. The summed E-state index contributed by atoms with van der Waals surface area (Å²) in [6.45, 7) is 5.25. The predicted molar refractivity (Wildman–Crippen MR) is 111 cm³/mol. The Morgan fingerprint density at radius 2 is 1.07 bits per heavy atom. The molecule has 0 aromatic heterocycles. The number of ether oxygens (including phenoxy) is 2. The zero-order valence-corrected chi connectivity index (χ0v) is 17.1. The van der Waals surface area contributed by atoms with E-state index in [9.17, 15) is 8.78 Å². The van der Waals surface area contributed by atoms with Gasteiger partial charge < -0.3 is 9.47 Å². The van der Waals surface area contributed by atoms with Crippen LogP contribution in [0.1, 0.15) is 65.2 Å². The number of rotatable bonds is 13. The minimum Gasteiger partial charge on any atom is -0.491 e. The first-order valence-electron chi connectivity index (χ1n) is 10.5. The Morgan fingerprint density at radius 1 is 0.607 bits per heavy atom. The van der Waals surface area contributed by atoms with Crippen LogP contribution in [-0.2, 0) is 0 Å². The molecule has 2 nitrogen and oxygen atoms in total. The van der Waals surface area contributed by atoms with Crippen molar-refractivity contribution in [2.24, 2.45) is 0 Å². The molecule has 4 heteroatoms. The lowest BCUT2D eigenvalue weighted by Gasteiger charge is -2.11. The lowest BCUT2D eigenvalue weighted by Crippen LogP contribution is -2.00. The van der Waals surface area contributed by atoms with Crippen molar-refractivity contribution in [2.75, 3.05) is 13.2 Å². The fraction of sp³-hybridized carbons (Fsp3) is 0.500. The fourth-order valence-corrected chi connectivity index (χ4v) is 2.99. The van der Waals surface area contributed by atoms with Gasteiger partial charge in [0.25, 0.3) is 0 Å². The number of halogens is 2. The van der Waals surface area contributed by atoms with Gasteiger partial charge in [-0.15, -0.1) is 0 Å². The van der Waals surface area contributed by atoms with E-state index in [1.165, 1.54) is 37.8 Å². The lowest BCUT2D eigenvalue weighted by molar-refractivity contribution is 0.290. The summed E-state index contributed by atoms with van der Waals surface area (Å²) >= 11 is 0. The molecule has 2 aromatic carbocycles. The molecule has 28 heavy (non-hydrogen) atoms. The minimum absolute atomic E-state index is 0.233. The molecule has 0 heterocycles. The second kappa shape index (κ2) is 12.4. The molecule has 2 aromatic rings. The summed E-state index contributed by atoms with van der Waals surface area (Å²) < 4.78 is 39.6. The van der Waals surface area contributed by atoms with Gasteiger partial charge in [-0.1, -0.05) is 64.5 Å². The molecule has 0 bridgehead atoms. The molecule has 0 amide bonds. The molecule has 0 N–H and O–H groups in total. The first kappa shape index (κ1) is 22.2. The maximum absolute atomic E-state index is 14.4. The van der Waals surface area contributed by atoms with E-state index in [1.54, 1.807) is 24.3 Å². The smallest absolute Gasteiger partial charge is 0.165 e. The molecule has 0 spiro atoms. The van der Waals surface area contributed by atoms with Crippen LogP contribution in [0.15, 0.2) is 36.4 Å². The average Bonchev–Trinajstić information content (AvgIpc) is 2.69.